The van der Waals surface area contributed by atoms with Crippen LogP contribution >= 0.6 is 0 Å². The van der Waals surface area contributed by atoms with Gasteiger partial charge in [-0.1, -0.05) is 0 Å². The molecule has 2 heteroatoms. The molecule has 0 aromatic carbocycles. The minimum atomic E-state index is 0.371. The van der Waals surface area contributed by atoms with Crippen LogP contribution in [0.4, 0.5) is 0 Å². The van der Waals surface area contributed by atoms with E-state index in [1.807, 2.05) is 0 Å². The maximum Gasteiger partial charge on any atom is 0.0125 e. The Balaban J connectivity index is 1.96. The number of hydrogen-bond donors (Lipinski definition) is 1. The van der Waals surface area contributed by atoms with Crippen molar-refractivity contribution in [2.45, 2.75) is 39.2 Å². The van der Waals surface area contributed by atoms with Crippen molar-refractivity contribution in [1.82, 2.24) is 10.2 Å². The van der Waals surface area contributed by atoms with Gasteiger partial charge in [0.1, 0.15) is 0 Å². The highest BCUT2D eigenvalue weighted by Crippen LogP contribution is 2.31. The summed E-state index contributed by atoms with van der Waals surface area (Å²) < 4.78 is 0. The molecule has 2 atom stereocenters. The Morgan fingerprint density at radius 3 is 2.64 bits per heavy atom. The Morgan fingerprint density at radius 2 is 1.93 bits per heavy atom. The summed E-state index contributed by atoms with van der Waals surface area (Å²) >= 11 is 0. The first-order valence-corrected chi connectivity index (χ1v) is 6.03. The van der Waals surface area contributed by atoms with Crippen LogP contribution in [0, 0.1) is 11.8 Å². The van der Waals surface area contributed by atoms with Crippen LogP contribution in [0.3, 0.4) is 0 Å². The van der Waals surface area contributed by atoms with E-state index in [1.165, 1.54) is 39.0 Å². The van der Waals surface area contributed by atoms with Gasteiger partial charge in [0, 0.05) is 12.1 Å². The molecular weight excluding hydrogens is 172 g/mol. The summed E-state index contributed by atoms with van der Waals surface area (Å²) in [7, 11) is 0. The molecule has 2 unspecified atom stereocenters. The quantitative estimate of drug-likeness (QED) is 0.634. The van der Waals surface area contributed by atoms with E-state index in [1.54, 1.807) is 0 Å². The van der Waals surface area contributed by atoms with E-state index >= 15 is 0 Å². The number of hydrogen-bond acceptors (Lipinski definition) is 2. The van der Waals surface area contributed by atoms with E-state index in [-0.39, 0.29) is 0 Å². The van der Waals surface area contributed by atoms with Crippen LogP contribution in [0.15, 0.2) is 0 Å². The van der Waals surface area contributed by atoms with Crippen molar-refractivity contribution in [3.8, 4) is 0 Å². The zero-order valence-electron chi connectivity index (χ0n) is 9.84. The van der Waals surface area contributed by atoms with Gasteiger partial charge in [-0.05, 0) is 65.1 Å². The molecule has 0 aliphatic carbocycles. The molecule has 1 N–H and O–H groups in total. The minimum absolute atomic E-state index is 0.371. The first-order valence-electron chi connectivity index (χ1n) is 6.03. The molecule has 82 valence electrons. The van der Waals surface area contributed by atoms with E-state index in [0.717, 1.165) is 11.8 Å². The van der Waals surface area contributed by atoms with Gasteiger partial charge in [0.05, 0.1) is 0 Å². The van der Waals surface area contributed by atoms with Crippen molar-refractivity contribution in [2.24, 2.45) is 11.8 Å². The molecule has 2 fully saturated rings. The molecule has 2 saturated heterocycles. The van der Waals surface area contributed by atoms with Gasteiger partial charge in [-0.3, -0.25) is 4.90 Å². The van der Waals surface area contributed by atoms with Crippen LogP contribution in [-0.2, 0) is 0 Å². The van der Waals surface area contributed by atoms with E-state index in [2.05, 4.69) is 31.0 Å². The standard InChI is InChI=1S/C12H24N2/c1-12(2,3)14-7-5-10-8-13-6-4-11(10)9-14/h10-11,13H,4-9H2,1-3H3. The Bertz CT molecular complexity index is 195. The lowest BCUT2D eigenvalue weighted by Crippen LogP contribution is -2.53. The summed E-state index contributed by atoms with van der Waals surface area (Å²) in [6.07, 6.45) is 2.78. The van der Waals surface area contributed by atoms with E-state index < -0.39 is 0 Å². The SMILES string of the molecule is CC(C)(C)N1CCC2CNCCC2C1. The second-order valence-electron chi connectivity index (χ2n) is 5.92. The number of rotatable bonds is 0. The molecule has 0 saturated carbocycles. The summed E-state index contributed by atoms with van der Waals surface area (Å²) in [4.78, 5) is 2.67. The van der Waals surface area contributed by atoms with Crippen LogP contribution in [0.5, 0.6) is 0 Å². The third kappa shape index (κ3) is 2.12. The fourth-order valence-corrected chi connectivity index (χ4v) is 2.86. The van der Waals surface area contributed by atoms with Crippen molar-refractivity contribution in [3.63, 3.8) is 0 Å². The lowest BCUT2D eigenvalue weighted by Gasteiger charge is -2.46. The summed E-state index contributed by atoms with van der Waals surface area (Å²) in [5.41, 5.74) is 0.371. The molecular formula is C12H24N2. The Labute approximate surface area is 88.1 Å². The molecule has 0 amide bonds. The summed E-state index contributed by atoms with van der Waals surface area (Å²) in [5, 5.41) is 3.52. The summed E-state index contributed by atoms with van der Waals surface area (Å²) in [6.45, 7) is 12.2. The number of nitrogens with zero attached hydrogens (tertiary/aromatic N) is 1. The molecule has 0 bridgehead atoms. The summed E-state index contributed by atoms with van der Waals surface area (Å²) in [6, 6.07) is 0. The van der Waals surface area contributed by atoms with Gasteiger partial charge in [-0.25, -0.2) is 0 Å². The lowest BCUT2D eigenvalue weighted by molar-refractivity contribution is 0.0341. The highest BCUT2D eigenvalue weighted by Gasteiger charge is 2.34. The van der Waals surface area contributed by atoms with Crippen molar-refractivity contribution >= 4 is 0 Å². The minimum Gasteiger partial charge on any atom is -0.316 e. The average Bonchev–Trinajstić information content (AvgIpc) is 2.16. The zero-order chi connectivity index (χ0) is 10.2. The van der Waals surface area contributed by atoms with Crippen molar-refractivity contribution in [1.29, 1.82) is 0 Å². The largest absolute Gasteiger partial charge is 0.316 e. The van der Waals surface area contributed by atoms with Crippen LogP contribution in [0.25, 0.3) is 0 Å². The normalized spacial score (nSPS) is 35.4. The second-order valence-corrected chi connectivity index (χ2v) is 5.92. The monoisotopic (exact) mass is 196 g/mol. The van der Waals surface area contributed by atoms with Gasteiger partial charge in [0.25, 0.3) is 0 Å². The fourth-order valence-electron chi connectivity index (χ4n) is 2.86. The van der Waals surface area contributed by atoms with Gasteiger partial charge in [-0.2, -0.15) is 0 Å². The maximum absolute atomic E-state index is 3.52. The highest BCUT2D eigenvalue weighted by atomic mass is 15.2. The smallest absolute Gasteiger partial charge is 0.0125 e. The van der Waals surface area contributed by atoms with E-state index in [9.17, 15) is 0 Å². The summed E-state index contributed by atoms with van der Waals surface area (Å²) in [5.74, 6) is 1.92. The molecule has 14 heavy (non-hydrogen) atoms. The first-order chi connectivity index (χ1) is 6.57. The fraction of sp³-hybridized carbons (Fsp3) is 1.00. The van der Waals surface area contributed by atoms with Crippen molar-refractivity contribution in [3.05, 3.63) is 0 Å². The van der Waals surface area contributed by atoms with Crippen LogP contribution in [0.2, 0.25) is 0 Å². The number of fused-ring (bicyclic) bond motifs is 1. The average molecular weight is 196 g/mol. The molecule has 0 radical (unpaired) electrons. The number of likely N-dealkylation sites (tertiary alicyclic amines) is 1. The number of piperidine rings is 2. The van der Waals surface area contributed by atoms with Crippen molar-refractivity contribution < 1.29 is 0 Å². The van der Waals surface area contributed by atoms with E-state index in [4.69, 9.17) is 0 Å². The third-order valence-corrected chi connectivity index (χ3v) is 3.94. The zero-order valence-corrected chi connectivity index (χ0v) is 9.84. The Kier molecular flexibility index (Phi) is 2.85. The van der Waals surface area contributed by atoms with Gasteiger partial charge in [0.15, 0.2) is 0 Å². The highest BCUT2D eigenvalue weighted by molar-refractivity contribution is 4.89. The molecule has 2 rings (SSSR count). The Hall–Kier alpha value is -0.0800. The van der Waals surface area contributed by atoms with Gasteiger partial charge < -0.3 is 5.32 Å². The predicted molar refractivity (Wildman–Crippen MR) is 60.4 cm³/mol. The molecule has 2 aliphatic rings. The molecule has 0 spiro atoms. The molecule has 0 aromatic heterocycles. The second kappa shape index (κ2) is 3.82. The predicted octanol–water partition coefficient (Wildman–Crippen LogP) is 1.72. The van der Waals surface area contributed by atoms with Crippen LogP contribution < -0.4 is 5.32 Å². The van der Waals surface area contributed by atoms with Gasteiger partial charge >= 0.3 is 0 Å². The lowest BCUT2D eigenvalue weighted by atomic mass is 9.79. The van der Waals surface area contributed by atoms with Gasteiger partial charge in [0.2, 0.25) is 0 Å². The number of nitrogens with one attached hydrogen (secondary N) is 1. The van der Waals surface area contributed by atoms with Gasteiger partial charge in [-0.15, -0.1) is 0 Å². The molecule has 2 heterocycles. The maximum atomic E-state index is 3.52. The first kappa shape index (κ1) is 10.4. The molecule has 2 nitrogen and oxygen atoms in total. The molecule has 2 aliphatic heterocycles. The van der Waals surface area contributed by atoms with Crippen molar-refractivity contribution in [2.75, 3.05) is 26.2 Å². The molecule has 0 aromatic rings. The van der Waals surface area contributed by atoms with E-state index in [0.29, 0.717) is 5.54 Å². The Morgan fingerprint density at radius 1 is 1.14 bits per heavy atom. The van der Waals surface area contributed by atoms with Crippen LogP contribution in [0.1, 0.15) is 33.6 Å². The topological polar surface area (TPSA) is 15.3 Å². The third-order valence-electron chi connectivity index (χ3n) is 3.94. The van der Waals surface area contributed by atoms with Crippen LogP contribution in [-0.4, -0.2) is 36.6 Å².